The summed E-state index contributed by atoms with van der Waals surface area (Å²) < 4.78 is 11.1. The second kappa shape index (κ2) is 5.72. The van der Waals surface area contributed by atoms with Gasteiger partial charge < -0.3 is 9.47 Å². The van der Waals surface area contributed by atoms with E-state index in [-0.39, 0.29) is 5.72 Å². The molecule has 1 aliphatic rings. The molecule has 1 aromatic carbocycles. The number of ether oxygens (including phenoxy) is 2. The van der Waals surface area contributed by atoms with Crippen molar-refractivity contribution in [3.05, 3.63) is 29.8 Å². The predicted octanol–water partition coefficient (Wildman–Crippen LogP) is 3.26. The topological polar surface area (TPSA) is 30.5 Å². The van der Waals surface area contributed by atoms with E-state index in [1.165, 1.54) is 5.56 Å². The van der Waals surface area contributed by atoms with Gasteiger partial charge in [0.1, 0.15) is 11.5 Å². The van der Waals surface area contributed by atoms with Gasteiger partial charge in [-0.3, -0.25) is 5.32 Å². The minimum Gasteiger partial charge on any atom is -0.497 e. The van der Waals surface area contributed by atoms with Crippen LogP contribution >= 0.6 is 0 Å². The lowest BCUT2D eigenvalue weighted by atomic mass is 9.97. The molecule has 1 N–H and O–H groups in total. The quantitative estimate of drug-likeness (QED) is 0.888. The minimum absolute atomic E-state index is 0.150. The van der Waals surface area contributed by atoms with Gasteiger partial charge in [-0.2, -0.15) is 0 Å². The van der Waals surface area contributed by atoms with Crippen molar-refractivity contribution in [2.75, 3.05) is 13.7 Å². The van der Waals surface area contributed by atoms with E-state index in [1.807, 2.05) is 12.1 Å². The third-order valence-electron chi connectivity index (χ3n) is 3.88. The van der Waals surface area contributed by atoms with Crippen molar-refractivity contribution < 1.29 is 9.47 Å². The molecule has 3 nitrogen and oxygen atoms in total. The van der Waals surface area contributed by atoms with E-state index in [9.17, 15) is 0 Å². The van der Waals surface area contributed by atoms with Crippen molar-refractivity contribution in [2.24, 2.45) is 0 Å². The van der Waals surface area contributed by atoms with Gasteiger partial charge in [-0.25, -0.2) is 0 Å². The lowest BCUT2D eigenvalue weighted by Crippen LogP contribution is -2.52. The van der Waals surface area contributed by atoms with E-state index < -0.39 is 0 Å². The highest BCUT2D eigenvalue weighted by Crippen LogP contribution is 2.30. The summed E-state index contributed by atoms with van der Waals surface area (Å²) in [5.41, 5.74) is 1.16. The van der Waals surface area contributed by atoms with Crippen LogP contribution in [-0.2, 0) is 4.74 Å². The van der Waals surface area contributed by atoms with E-state index in [1.54, 1.807) is 7.11 Å². The summed E-state index contributed by atoms with van der Waals surface area (Å²) in [4.78, 5) is 0. The molecule has 0 bridgehead atoms. The van der Waals surface area contributed by atoms with Gasteiger partial charge in [0, 0.05) is 6.04 Å². The molecule has 0 radical (unpaired) electrons. The zero-order valence-electron chi connectivity index (χ0n) is 11.5. The monoisotopic (exact) mass is 249 g/mol. The van der Waals surface area contributed by atoms with E-state index in [0.717, 1.165) is 31.6 Å². The van der Waals surface area contributed by atoms with Crippen LogP contribution in [0.5, 0.6) is 5.75 Å². The zero-order chi connectivity index (χ0) is 13.0. The molecule has 0 amide bonds. The molecule has 0 spiro atoms. The summed E-state index contributed by atoms with van der Waals surface area (Å²) in [5.74, 6) is 0.906. The van der Waals surface area contributed by atoms with Gasteiger partial charge in [0.05, 0.1) is 13.7 Å². The maximum atomic E-state index is 5.92. The third-order valence-corrected chi connectivity index (χ3v) is 3.88. The van der Waals surface area contributed by atoms with Crippen molar-refractivity contribution in [1.29, 1.82) is 0 Å². The van der Waals surface area contributed by atoms with Gasteiger partial charge in [-0.15, -0.1) is 0 Å². The largest absolute Gasteiger partial charge is 0.497 e. The molecule has 1 aromatic rings. The lowest BCUT2D eigenvalue weighted by molar-refractivity contribution is -0.115. The molecular weight excluding hydrogens is 226 g/mol. The van der Waals surface area contributed by atoms with Crippen LogP contribution in [-0.4, -0.2) is 19.4 Å². The first-order chi connectivity index (χ1) is 8.73. The SMILES string of the molecule is CCC1(CC)NC(c2ccc(OC)cc2)CCO1. The number of methoxy groups -OCH3 is 1. The summed E-state index contributed by atoms with van der Waals surface area (Å²) in [7, 11) is 1.70. The predicted molar refractivity (Wildman–Crippen MR) is 72.8 cm³/mol. The molecule has 18 heavy (non-hydrogen) atoms. The Hall–Kier alpha value is -1.06. The van der Waals surface area contributed by atoms with Gasteiger partial charge >= 0.3 is 0 Å². The molecule has 2 rings (SSSR count). The van der Waals surface area contributed by atoms with Crippen molar-refractivity contribution in [3.8, 4) is 5.75 Å². The maximum absolute atomic E-state index is 5.92. The highest BCUT2D eigenvalue weighted by molar-refractivity contribution is 5.29. The Balaban J connectivity index is 2.12. The molecule has 0 aliphatic carbocycles. The van der Waals surface area contributed by atoms with E-state index in [0.29, 0.717) is 6.04 Å². The fourth-order valence-corrected chi connectivity index (χ4v) is 2.55. The number of benzene rings is 1. The molecule has 1 aliphatic heterocycles. The second-order valence-electron chi connectivity index (χ2n) is 4.81. The standard InChI is InChI=1S/C15H23NO2/c1-4-15(5-2)16-14(10-11-18-15)12-6-8-13(17-3)9-7-12/h6-9,14,16H,4-5,10-11H2,1-3H3. The van der Waals surface area contributed by atoms with Gasteiger partial charge in [-0.1, -0.05) is 26.0 Å². The summed E-state index contributed by atoms with van der Waals surface area (Å²) in [6.45, 7) is 5.17. The molecule has 1 atom stereocenters. The third kappa shape index (κ3) is 2.68. The van der Waals surface area contributed by atoms with Gasteiger partial charge in [0.25, 0.3) is 0 Å². The molecule has 1 saturated heterocycles. The Bertz CT molecular complexity index is 371. The number of rotatable bonds is 4. The number of hydrogen-bond acceptors (Lipinski definition) is 3. The Morgan fingerprint density at radius 3 is 2.50 bits per heavy atom. The minimum atomic E-state index is -0.150. The van der Waals surface area contributed by atoms with Gasteiger partial charge in [0.2, 0.25) is 0 Å². The highest BCUT2D eigenvalue weighted by Gasteiger charge is 2.33. The average molecular weight is 249 g/mol. The van der Waals surface area contributed by atoms with Crippen molar-refractivity contribution in [2.45, 2.75) is 44.9 Å². The average Bonchev–Trinajstić information content (AvgIpc) is 2.47. The summed E-state index contributed by atoms with van der Waals surface area (Å²) in [6.07, 6.45) is 3.01. The Morgan fingerprint density at radius 2 is 1.94 bits per heavy atom. The first kappa shape index (κ1) is 13.4. The van der Waals surface area contributed by atoms with Crippen LogP contribution in [0, 0.1) is 0 Å². The second-order valence-corrected chi connectivity index (χ2v) is 4.81. The van der Waals surface area contributed by atoms with E-state index in [4.69, 9.17) is 9.47 Å². The molecular formula is C15H23NO2. The summed E-state index contributed by atoms with van der Waals surface area (Å²) in [5, 5.41) is 3.66. The van der Waals surface area contributed by atoms with Crippen molar-refractivity contribution >= 4 is 0 Å². The molecule has 0 saturated carbocycles. The first-order valence-electron chi connectivity index (χ1n) is 6.78. The first-order valence-corrected chi connectivity index (χ1v) is 6.78. The van der Waals surface area contributed by atoms with Crippen LogP contribution in [0.15, 0.2) is 24.3 Å². The molecule has 100 valence electrons. The summed E-state index contributed by atoms with van der Waals surface area (Å²) in [6, 6.07) is 8.69. The summed E-state index contributed by atoms with van der Waals surface area (Å²) >= 11 is 0. The molecule has 1 unspecified atom stereocenters. The van der Waals surface area contributed by atoms with Crippen LogP contribution in [0.2, 0.25) is 0 Å². The van der Waals surface area contributed by atoms with Crippen LogP contribution in [0.3, 0.4) is 0 Å². The fourth-order valence-electron chi connectivity index (χ4n) is 2.55. The fraction of sp³-hybridized carbons (Fsp3) is 0.600. The van der Waals surface area contributed by atoms with E-state index >= 15 is 0 Å². The van der Waals surface area contributed by atoms with Crippen LogP contribution < -0.4 is 10.1 Å². The number of nitrogens with one attached hydrogen (secondary N) is 1. The van der Waals surface area contributed by atoms with Crippen LogP contribution in [0.25, 0.3) is 0 Å². The van der Waals surface area contributed by atoms with Crippen molar-refractivity contribution in [3.63, 3.8) is 0 Å². The van der Waals surface area contributed by atoms with Crippen molar-refractivity contribution in [1.82, 2.24) is 5.32 Å². The highest BCUT2D eigenvalue weighted by atomic mass is 16.5. The van der Waals surface area contributed by atoms with E-state index in [2.05, 4.69) is 31.3 Å². The molecule has 3 heteroatoms. The molecule has 1 heterocycles. The smallest absolute Gasteiger partial charge is 0.119 e. The van der Waals surface area contributed by atoms with Gasteiger partial charge in [-0.05, 0) is 37.0 Å². The zero-order valence-corrected chi connectivity index (χ0v) is 11.5. The lowest BCUT2D eigenvalue weighted by Gasteiger charge is -2.41. The normalized spacial score (nSPS) is 22.7. The maximum Gasteiger partial charge on any atom is 0.119 e. The Labute approximate surface area is 109 Å². The molecule has 1 fully saturated rings. The van der Waals surface area contributed by atoms with Gasteiger partial charge in [0.15, 0.2) is 0 Å². The van der Waals surface area contributed by atoms with Crippen LogP contribution in [0.1, 0.15) is 44.7 Å². The molecule has 0 aromatic heterocycles. The Kier molecular flexibility index (Phi) is 4.25. The van der Waals surface area contributed by atoms with Crippen LogP contribution in [0.4, 0.5) is 0 Å². The number of hydrogen-bond donors (Lipinski definition) is 1. The Morgan fingerprint density at radius 1 is 1.28 bits per heavy atom.